The average Bonchev–Trinajstić information content (AvgIpc) is 3.32. The molecule has 2 aliphatic rings. The smallest absolute Gasteiger partial charge is 0.239 e. The summed E-state index contributed by atoms with van der Waals surface area (Å²) in [6.45, 7) is 4.97. The van der Waals surface area contributed by atoms with Crippen LogP contribution in [0.15, 0.2) is 18.2 Å². The van der Waals surface area contributed by atoms with Crippen LogP contribution in [0.25, 0.3) is 11.3 Å². The summed E-state index contributed by atoms with van der Waals surface area (Å²) in [5.74, 6) is -1.59. The first-order valence-corrected chi connectivity index (χ1v) is 9.09. The standard InChI is InChI=1S/C19H22F2N4O/c1-12(19(26)24-7-2-3-8-24)25-9-6-17-14(11-25)18(23-22-17)13-4-5-15(20)16(21)10-13/h4-5,10,12H,2-3,6-9,11H2,1H3,(H,22,23)/t12-/m0/s1. The zero-order valence-electron chi connectivity index (χ0n) is 14.8. The Labute approximate surface area is 151 Å². The molecule has 0 saturated carbocycles. The summed E-state index contributed by atoms with van der Waals surface area (Å²) in [6.07, 6.45) is 2.90. The summed E-state index contributed by atoms with van der Waals surface area (Å²) in [5, 5.41) is 7.33. The summed E-state index contributed by atoms with van der Waals surface area (Å²) >= 11 is 0. The van der Waals surface area contributed by atoms with Gasteiger partial charge in [0.1, 0.15) is 0 Å². The molecule has 1 saturated heterocycles. The molecule has 1 aromatic carbocycles. The van der Waals surface area contributed by atoms with Crippen LogP contribution in [0.2, 0.25) is 0 Å². The van der Waals surface area contributed by atoms with Gasteiger partial charge >= 0.3 is 0 Å². The number of hydrogen-bond donors (Lipinski definition) is 1. The molecule has 26 heavy (non-hydrogen) atoms. The van der Waals surface area contributed by atoms with Crippen molar-refractivity contribution in [1.29, 1.82) is 0 Å². The molecule has 0 aliphatic carbocycles. The number of hydrogen-bond acceptors (Lipinski definition) is 3. The Morgan fingerprint density at radius 2 is 1.96 bits per heavy atom. The predicted octanol–water partition coefficient (Wildman–Crippen LogP) is 2.72. The Hall–Kier alpha value is -2.28. The molecule has 1 N–H and O–H groups in total. The van der Waals surface area contributed by atoms with E-state index in [4.69, 9.17) is 0 Å². The minimum Gasteiger partial charge on any atom is -0.341 e. The van der Waals surface area contributed by atoms with E-state index < -0.39 is 11.6 Å². The summed E-state index contributed by atoms with van der Waals surface area (Å²) in [4.78, 5) is 16.8. The molecule has 5 nitrogen and oxygen atoms in total. The van der Waals surface area contributed by atoms with Gasteiger partial charge in [-0.15, -0.1) is 0 Å². The number of halogens is 2. The molecule has 138 valence electrons. The van der Waals surface area contributed by atoms with Crippen molar-refractivity contribution in [2.75, 3.05) is 19.6 Å². The third kappa shape index (κ3) is 3.00. The molecule has 1 amide bonds. The Morgan fingerprint density at radius 3 is 2.69 bits per heavy atom. The number of benzene rings is 1. The van der Waals surface area contributed by atoms with Crippen LogP contribution < -0.4 is 0 Å². The highest BCUT2D eigenvalue weighted by Gasteiger charge is 2.31. The van der Waals surface area contributed by atoms with Crippen molar-refractivity contribution in [1.82, 2.24) is 20.0 Å². The first-order chi connectivity index (χ1) is 12.5. The number of carbonyl (C=O) groups excluding carboxylic acids is 1. The van der Waals surface area contributed by atoms with Gasteiger partial charge in [0.25, 0.3) is 0 Å². The lowest BCUT2D eigenvalue weighted by Crippen LogP contribution is -2.47. The second-order valence-electron chi connectivity index (χ2n) is 7.09. The van der Waals surface area contributed by atoms with Gasteiger partial charge in [-0.3, -0.25) is 14.8 Å². The fourth-order valence-corrected chi connectivity index (χ4v) is 3.89. The minimum atomic E-state index is -0.885. The number of nitrogens with one attached hydrogen (secondary N) is 1. The molecule has 0 radical (unpaired) electrons. The van der Waals surface area contributed by atoms with Gasteiger partial charge in [-0.25, -0.2) is 8.78 Å². The van der Waals surface area contributed by atoms with Gasteiger partial charge in [0.2, 0.25) is 5.91 Å². The average molecular weight is 360 g/mol. The lowest BCUT2D eigenvalue weighted by atomic mass is 9.99. The van der Waals surface area contributed by atoms with Gasteiger partial charge in [-0.2, -0.15) is 5.10 Å². The van der Waals surface area contributed by atoms with Crippen molar-refractivity contribution in [2.45, 2.75) is 38.8 Å². The van der Waals surface area contributed by atoms with E-state index in [0.29, 0.717) is 17.8 Å². The molecule has 2 aliphatic heterocycles. The highest BCUT2D eigenvalue weighted by molar-refractivity contribution is 5.81. The van der Waals surface area contributed by atoms with E-state index in [2.05, 4.69) is 15.1 Å². The molecule has 0 spiro atoms. The van der Waals surface area contributed by atoms with Gasteiger partial charge in [0, 0.05) is 49.4 Å². The molecular weight excluding hydrogens is 338 g/mol. The molecule has 2 aromatic rings. The fourth-order valence-electron chi connectivity index (χ4n) is 3.89. The lowest BCUT2D eigenvalue weighted by molar-refractivity contribution is -0.135. The number of carbonyl (C=O) groups is 1. The molecule has 1 atom stereocenters. The van der Waals surface area contributed by atoms with Gasteiger partial charge in [0.05, 0.1) is 11.7 Å². The number of aromatic amines is 1. The fraction of sp³-hybridized carbons (Fsp3) is 0.474. The molecule has 3 heterocycles. The van der Waals surface area contributed by atoms with Crippen LogP contribution in [-0.2, 0) is 17.8 Å². The lowest BCUT2D eigenvalue weighted by Gasteiger charge is -2.33. The Kier molecular flexibility index (Phi) is 4.48. The van der Waals surface area contributed by atoms with Crippen LogP contribution in [0.1, 0.15) is 31.0 Å². The summed E-state index contributed by atoms with van der Waals surface area (Å²) in [7, 11) is 0. The first-order valence-electron chi connectivity index (χ1n) is 9.09. The zero-order valence-corrected chi connectivity index (χ0v) is 14.8. The van der Waals surface area contributed by atoms with Gasteiger partial charge in [-0.05, 0) is 38.0 Å². The van der Waals surface area contributed by atoms with Gasteiger partial charge in [0.15, 0.2) is 11.6 Å². The van der Waals surface area contributed by atoms with Crippen LogP contribution in [-0.4, -0.2) is 51.6 Å². The van der Waals surface area contributed by atoms with Crippen LogP contribution in [0.5, 0.6) is 0 Å². The normalized spacial score (nSPS) is 18.8. The monoisotopic (exact) mass is 360 g/mol. The number of H-pyrrole nitrogens is 1. The maximum atomic E-state index is 13.6. The van der Waals surface area contributed by atoms with Crippen LogP contribution >= 0.6 is 0 Å². The van der Waals surface area contributed by atoms with Crippen molar-refractivity contribution in [3.63, 3.8) is 0 Å². The van der Waals surface area contributed by atoms with E-state index in [1.54, 1.807) is 0 Å². The molecule has 4 rings (SSSR count). The number of aromatic nitrogens is 2. The van der Waals surface area contributed by atoms with Gasteiger partial charge in [-0.1, -0.05) is 0 Å². The van der Waals surface area contributed by atoms with Crippen molar-refractivity contribution in [3.05, 3.63) is 41.1 Å². The first kappa shape index (κ1) is 17.1. The third-order valence-corrected chi connectivity index (χ3v) is 5.48. The second-order valence-corrected chi connectivity index (χ2v) is 7.09. The van der Waals surface area contributed by atoms with E-state index in [-0.39, 0.29) is 11.9 Å². The van der Waals surface area contributed by atoms with E-state index in [0.717, 1.165) is 56.2 Å². The molecule has 1 aromatic heterocycles. The van der Waals surface area contributed by atoms with Crippen molar-refractivity contribution >= 4 is 5.91 Å². The largest absolute Gasteiger partial charge is 0.341 e. The topological polar surface area (TPSA) is 52.2 Å². The number of nitrogens with zero attached hydrogens (tertiary/aromatic N) is 3. The Balaban J connectivity index is 1.57. The highest BCUT2D eigenvalue weighted by atomic mass is 19.2. The predicted molar refractivity (Wildman–Crippen MR) is 93.3 cm³/mol. The minimum absolute atomic E-state index is 0.170. The third-order valence-electron chi connectivity index (χ3n) is 5.48. The zero-order chi connectivity index (χ0) is 18.3. The van der Waals surface area contributed by atoms with Crippen LogP contribution in [0.3, 0.4) is 0 Å². The maximum Gasteiger partial charge on any atom is 0.239 e. The van der Waals surface area contributed by atoms with E-state index in [1.807, 2.05) is 11.8 Å². The number of likely N-dealkylation sites (tertiary alicyclic amines) is 1. The number of rotatable bonds is 3. The van der Waals surface area contributed by atoms with Crippen molar-refractivity contribution in [3.8, 4) is 11.3 Å². The van der Waals surface area contributed by atoms with Crippen molar-refractivity contribution in [2.24, 2.45) is 0 Å². The van der Waals surface area contributed by atoms with E-state index in [9.17, 15) is 13.6 Å². The molecule has 7 heteroatoms. The number of fused-ring (bicyclic) bond motifs is 1. The molecule has 1 fully saturated rings. The maximum absolute atomic E-state index is 13.6. The van der Waals surface area contributed by atoms with Crippen LogP contribution in [0.4, 0.5) is 8.78 Å². The van der Waals surface area contributed by atoms with Crippen molar-refractivity contribution < 1.29 is 13.6 Å². The van der Waals surface area contributed by atoms with E-state index >= 15 is 0 Å². The summed E-state index contributed by atoms with van der Waals surface area (Å²) in [5.41, 5.74) is 3.14. The van der Waals surface area contributed by atoms with E-state index in [1.165, 1.54) is 12.1 Å². The van der Waals surface area contributed by atoms with Crippen LogP contribution in [0, 0.1) is 11.6 Å². The van der Waals surface area contributed by atoms with Gasteiger partial charge < -0.3 is 4.90 Å². The SMILES string of the molecule is C[C@@H](C(=O)N1CCCC1)N1CCc2[nH]nc(-c3ccc(F)c(F)c3)c2C1. The summed E-state index contributed by atoms with van der Waals surface area (Å²) < 4.78 is 26.8. The molecule has 0 unspecified atom stereocenters. The summed E-state index contributed by atoms with van der Waals surface area (Å²) in [6, 6.07) is 3.62. The molecular formula is C19H22F2N4O. The number of amides is 1. The second kappa shape index (κ2) is 6.79. The quantitative estimate of drug-likeness (QED) is 0.916. The Morgan fingerprint density at radius 1 is 1.19 bits per heavy atom. The highest BCUT2D eigenvalue weighted by Crippen LogP contribution is 2.30. The Bertz CT molecular complexity index is 829. The molecule has 0 bridgehead atoms.